The lowest BCUT2D eigenvalue weighted by Gasteiger charge is -2.51. The summed E-state index contributed by atoms with van der Waals surface area (Å²) in [5.74, 6) is -0.275. The van der Waals surface area contributed by atoms with E-state index in [2.05, 4.69) is 5.32 Å². The summed E-state index contributed by atoms with van der Waals surface area (Å²) in [7, 11) is 0. The smallest absolute Gasteiger partial charge is 0.225 e. The van der Waals surface area contributed by atoms with Crippen molar-refractivity contribution < 1.29 is 15.2 Å². The van der Waals surface area contributed by atoms with Gasteiger partial charge in [0.05, 0.1) is 11.5 Å². The first kappa shape index (κ1) is 19.6. The van der Waals surface area contributed by atoms with Crippen molar-refractivity contribution in [2.45, 2.75) is 103 Å². The van der Waals surface area contributed by atoms with Crippen LogP contribution in [0.5, 0.6) is 0 Å². The number of nitrogens with one attached hydrogen (secondary N) is 1. The van der Waals surface area contributed by atoms with Crippen molar-refractivity contribution >= 4 is 5.91 Å². The van der Waals surface area contributed by atoms with Crippen LogP contribution in [0.3, 0.4) is 0 Å². The molecule has 0 radical (unpaired) electrons. The van der Waals surface area contributed by atoms with Crippen LogP contribution in [0.15, 0.2) is 0 Å². The van der Waals surface area contributed by atoms with Gasteiger partial charge in [0.25, 0.3) is 0 Å². The molecule has 2 fully saturated rings. The zero-order valence-corrected chi connectivity index (χ0v) is 16.5. The van der Waals surface area contributed by atoms with Crippen molar-refractivity contribution in [1.82, 2.24) is 15.4 Å². The number of amides is 1. The van der Waals surface area contributed by atoms with Crippen LogP contribution in [0.1, 0.15) is 74.7 Å². The number of hydrogen-bond donors (Lipinski definition) is 3. The maximum absolute atomic E-state index is 12.9. The minimum atomic E-state index is -0.601. The Morgan fingerprint density at radius 3 is 1.62 bits per heavy atom. The molecule has 2 aliphatic heterocycles. The third kappa shape index (κ3) is 3.21. The lowest BCUT2D eigenvalue weighted by atomic mass is 9.78. The van der Waals surface area contributed by atoms with Crippen LogP contribution in [-0.4, -0.2) is 54.6 Å². The molecule has 0 unspecified atom stereocenters. The summed E-state index contributed by atoms with van der Waals surface area (Å²) in [5, 5.41) is 26.8. The first-order valence-corrected chi connectivity index (χ1v) is 8.90. The van der Waals surface area contributed by atoms with E-state index < -0.39 is 22.2 Å². The monoisotopic (exact) mass is 341 g/mol. The molecule has 2 rings (SSSR count). The Bertz CT molecular complexity index is 496. The third-order valence-corrected chi connectivity index (χ3v) is 5.98. The quantitative estimate of drug-likeness (QED) is 0.720. The van der Waals surface area contributed by atoms with Crippen LogP contribution in [0.4, 0.5) is 0 Å². The van der Waals surface area contributed by atoms with Crippen molar-refractivity contribution in [2.24, 2.45) is 5.92 Å². The van der Waals surface area contributed by atoms with Gasteiger partial charge in [-0.2, -0.15) is 10.1 Å². The molecule has 0 spiro atoms. The lowest BCUT2D eigenvalue weighted by Crippen LogP contribution is -2.63. The maximum atomic E-state index is 12.9. The molecule has 0 bridgehead atoms. The van der Waals surface area contributed by atoms with Gasteiger partial charge in [-0.05, 0) is 74.7 Å². The van der Waals surface area contributed by atoms with E-state index in [-0.39, 0.29) is 17.9 Å². The van der Waals surface area contributed by atoms with Gasteiger partial charge in [0.2, 0.25) is 5.91 Å². The Morgan fingerprint density at radius 1 is 0.833 bits per heavy atom. The van der Waals surface area contributed by atoms with Crippen LogP contribution in [-0.2, 0) is 4.79 Å². The van der Waals surface area contributed by atoms with Gasteiger partial charge in [0.15, 0.2) is 0 Å². The fourth-order valence-corrected chi connectivity index (χ4v) is 4.85. The Kier molecular flexibility index (Phi) is 4.63. The van der Waals surface area contributed by atoms with Crippen LogP contribution in [0.25, 0.3) is 0 Å². The molecule has 2 saturated heterocycles. The van der Waals surface area contributed by atoms with Crippen molar-refractivity contribution in [1.29, 1.82) is 0 Å². The highest BCUT2D eigenvalue weighted by atomic mass is 16.5. The number of carbonyl (C=O) groups is 1. The molecule has 24 heavy (non-hydrogen) atoms. The first-order valence-electron chi connectivity index (χ1n) is 8.90. The molecule has 2 heterocycles. The van der Waals surface area contributed by atoms with E-state index in [0.29, 0.717) is 19.3 Å². The topological polar surface area (TPSA) is 76.0 Å². The highest BCUT2D eigenvalue weighted by Gasteiger charge is 2.55. The number of hydrogen-bond acceptors (Lipinski definition) is 5. The summed E-state index contributed by atoms with van der Waals surface area (Å²) in [4.78, 5) is 12.9. The van der Waals surface area contributed by atoms with E-state index in [0.717, 1.165) is 0 Å². The molecular weight excluding hydrogens is 306 g/mol. The second kappa shape index (κ2) is 5.66. The highest BCUT2D eigenvalue weighted by Crippen LogP contribution is 2.44. The van der Waals surface area contributed by atoms with E-state index in [4.69, 9.17) is 0 Å². The van der Waals surface area contributed by atoms with E-state index in [1.165, 1.54) is 10.1 Å². The second-order valence-electron chi connectivity index (χ2n) is 10.1. The maximum Gasteiger partial charge on any atom is 0.225 e. The summed E-state index contributed by atoms with van der Waals surface area (Å²) >= 11 is 0. The summed E-state index contributed by atoms with van der Waals surface area (Å²) in [6, 6.07) is 0.0116. The van der Waals surface area contributed by atoms with Gasteiger partial charge in [-0.25, -0.2) is 0 Å². The average molecular weight is 341 g/mol. The van der Waals surface area contributed by atoms with Crippen LogP contribution in [0.2, 0.25) is 0 Å². The third-order valence-electron chi connectivity index (χ3n) is 5.98. The fourth-order valence-electron chi connectivity index (χ4n) is 4.85. The molecule has 2 aliphatic rings. The number of piperidine rings is 1. The van der Waals surface area contributed by atoms with Crippen molar-refractivity contribution in [2.75, 3.05) is 0 Å². The Morgan fingerprint density at radius 2 is 1.25 bits per heavy atom. The molecule has 3 N–H and O–H groups in total. The second-order valence-corrected chi connectivity index (χ2v) is 10.1. The van der Waals surface area contributed by atoms with Crippen LogP contribution < -0.4 is 5.32 Å². The number of carbonyl (C=O) groups excluding carboxylic acids is 1. The van der Waals surface area contributed by atoms with Gasteiger partial charge in [0, 0.05) is 22.7 Å². The molecule has 0 aromatic carbocycles. The Labute approximate surface area is 146 Å². The van der Waals surface area contributed by atoms with Crippen molar-refractivity contribution in [3.63, 3.8) is 0 Å². The van der Waals surface area contributed by atoms with Gasteiger partial charge in [-0.15, -0.1) is 0 Å². The fraction of sp³-hybridized carbons (Fsp3) is 0.944. The minimum Gasteiger partial charge on any atom is -0.353 e. The molecule has 6 heteroatoms. The number of nitrogens with zero attached hydrogens (tertiary/aromatic N) is 2. The van der Waals surface area contributed by atoms with E-state index >= 15 is 0 Å². The van der Waals surface area contributed by atoms with E-state index in [1.807, 2.05) is 55.4 Å². The van der Waals surface area contributed by atoms with Gasteiger partial charge in [0.1, 0.15) is 0 Å². The number of rotatable bonds is 2. The van der Waals surface area contributed by atoms with E-state index in [9.17, 15) is 15.2 Å². The number of hydroxylamine groups is 4. The van der Waals surface area contributed by atoms with Gasteiger partial charge >= 0.3 is 0 Å². The van der Waals surface area contributed by atoms with E-state index in [1.54, 1.807) is 0 Å². The molecule has 140 valence electrons. The molecule has 0 aliphatic carbocycles. The molecule has 0 aromatic heterocycles. The summed E-state index contributed by atoms with van der Waals surface area (Å²) < 4.78 is 0. The molecule has 6 nitrogen and oxygen atoms in total. The largest absolute Gasteiger partial charge is 0.353 e. The predicted molar refractivity (Wildman–Crippen MR) is 92.8 cm³/mol. The highest BCUT2D eigenvalue weighted by molar-refractivity contribution is 5.81. The molecule has 0 aromatic rings. The van der Waals surface area contributed by atoms with Crippen molar-refractivity contribution in [3.8, 4) is 0 Å². The van der Waals surface area contributed by atoms with Gasteiger partial charge in [-0.3, -0.25) is 4.79 Å². The Balaban J connectivity index is 2.13. The van der Waals surface area contributed by atoms with Gasteiger partial charge in [-0.1, -0.05) is 0 Å². The zero-order valence-electron chi connectivity index (χ0n) is 16.5. The molecule has 1 amide bonds. The molecular formula is C18H35N3O3. The Hall–Kier alpha value is -0.690. The van der Waals surface area contributed by atoms with Crippen molar-refractivity contribution in [3.05, 3.63) is 0 Å². The summed E-state index contributed by atoms with van der Waals surface area (Å²) in [6.07, 6.45) is 2.00. The zero-order chi connectivity index (χ0) is 18.7. The minimum absolute atomic E-state index is 0.00684. The summed E-state index contributed by atoms with van der Waals surface area (Å²) in [6.45, 7) is 15.7. The summed E-state index contributed by atoms with van der Waals surface area (Å²) in [5.41, 5.74) is -1.81. The normalized spacial score (nSPS) is 32.7. The lowest BCUT2D eigenvalue weighted by molar-refractivity contribution is -0.246. The average Bonchev–Trinajstić information content (AvgIpc) is 2.55. The molecule has 1 atom stereocenters. The van der Waals surface area contributed by atoms with Gasteiger partial charge < -0.3 is 15.7 Å². The SMILES string of the molecule is CC1(C)CC(NC(=O)[C@H]2CC(C)(C)N(O)C2(C)C)CC(C)(C)N1O. The first-order chi connectivity index (χ1) is 10.6. The van der Waals surface area contributed by atoms with Crippen LogP contribution in [0, 0.1) is 5.92 Å². The standard InChI is InChI=1S/C18H35N3O3/c1-15(2)9-12(10-16(3,4)20(15)23)19-14(22)13-11-17(5,6)21(24)18(13,7)8/h12-13,23-24H,9-11H2,1-8H3,(H,19,22)/t13-/m1/s1. The molecule has 0 saturated carbocycles. The van der Waals surface area contributed by atoms with Crippen LogP contribution >= 0.6 is 0 Å². The predicted octanol–water partition coefficient (Wildman–Crippen LogP) is 2.78.